The van der Waals surface area contributed by atoms with Gasteiger partial charge >= 0.3 is 0 Å². The largest absolute Gasteiger partial charge is 0.495 e. The number of ether oxygens (including phenoxy) is 1. The molecular weight excluding hydrogens is 408 g/mol. The lowest BCUT2D eigenvalue weighted by molar-refractivity contribution is -0.120. The molecule has 4 rings (SSSR count). The third-order valence-electron chi connectivity index (χ3n) is 4.64. The Hall–Kier alpha value is -3.09. The van der Waals surface area contributed by atoms with Crippen LogP contribution < -0.4 is 15.0 Å². The van der Waals surface area contributed by atoms with Gasteiger partial charge in [-0.15, -0.1) is 11.3 Å². The SMILES string of the molecule is COc1ccccc1N1C(=O)C(Nc2cc(Cl)ccc2C)=C(c2cccs2)C1=O. The van der Waals surface area contributed by atoms with Gasteiger partial charge in [0.25, 0.3) is 11.8 Å². The predicted octanol–water partition coefficient (Wildman–Crippen LogP) is 5.12. The van der Waals surface area contributed by atoms with Crippen LogP contribution in [0.1, 0.15) is 10.4 Å². The van der Waals surface area contributed by atoms with E-state index in [9.17, 15) is 9.59 Å². The average molecular weight is 425 g/mol. The number of benzene rings is 2. The van der Waals surface area contributed by atoms with Crippen LogP contribution in [-0.4, -0.2) is 18.9 Å². The number of thiophene rings is 1. The van der Waals surface area contributed by atoms with Crippen LogP contribution in [0.4, 0.5) is 11.4 Å². The second-order valence-electron chi connectivity index (χ2n) is 6.43. The van der Waals surface area contributed by atoms with Crippen LogP contribution in [0.5, 0.6) is 5.75 Å². The van der Waals surface area contributed by atoms with Crippen molar-refractivity contribution in [3.63, 3.8) is 0 Å². The molecule has 0 spiro atoms. The van der Waals surface area contributed by atoms with Gasteiger partial charge in [0, 0.05) is 15.6 Å². The topological polar surface area (TPSA) is 58.6 Å². The lowest BCUT2D eigenvalue weighted by atomic mass is 10.1. The summed E-state index contributed by atoms with van der Waals surface area (Å²) >= 11 is 7.53. The first-order chi connectivity index (χ1) is 14.0. The molecule has 0 bridgehead atoms. The molecule has 2 amide bonds. The molecule has 29 heavy (non-hydrogen) atoms. The number of aryl methyl sites for hydroxylation is 1. The number of nitrogens with one attached hydrogen (secondary N) is 1. The van der Waals surface area contributed by atoms with E-state index in [1.807, 2.05) is 30.5 Å². The van der Waals surface area contributed by atoms with Crippen LogP contribution in [0.3, 0.4) is 0 Å². The van der Waals surface area contributed by atoms with Gasteiger partial charge in [0.15, 0.2) is 0 Å². The quantitative estimate of drug-likeness (QED) is 0.578. The molecule has 2 heterocycles. The van der Waals surface area contributed by atoms with Crippen molar-refractivity contribution in [2.75, 3.05) is 17.3 Å². The van der Waals surface area contributed by atoms with Crippen molar-refractivity contribution < 1.29 is 14.3 Å². The Morgan fingerprint density at radius 2 is 1.83 bits per heavy atom. The number of hydrogen-bond donors (Lipinski definition) is 1. The zero-order chi connectivity index (χ0) is 20.5. The standard InChI is InChI=1S/C22H17ClN2O3S/c1-13-9-10-14(23)12-15(13)24-20-19(18-8-5-11-29-18)21(26)25(22(20)27)16-6-3-4-7-17(16)28-2/h3-12,24H,1-2H3. The van der Waals surface area contributed by atoms with Gasteiger partial charge < -0.3 is 10.1 Å². The van der Waals surface area contributed by atoms with E-state index in [1.165, 1.54) is 18.4 Å². The van der Waals surface area contributed by atoms with Gasteiger partial charge in [-0.2, -0.15) is 0 Å². The minimum Gasteiger partial charge on any atom is -0.495 e. The molecule has 0 saturated heterocycles. The van der Waals surface area contributed by atoms with Gasteiger partial charge in [0.1, 0.15) is 11.4 Å². The van der Waals surface area contributed by atoms with Crippen LogP contribution in [0, 0.1) is 6.92 Å². The Kier molecular flexibility index (Phi) is 5.13. The Balaban J connectivity index is 1.84. The molecule has 1 aliphatic heterocycles. The summed E-state index contributed by atoms with van der Waals surface area (Å²) in [5.41, 5.74) is 2.52. The molecule has 1 aromatic heterocycles. The van der Waals surface area contributed by atoms with E-state index in [2.05, 4.69) is 5.32 Å². The summed E-state index contributed by atoms with van der Waals surface area (Å²) in [6, 6.07) is 16.0. The van der Waals surface area contributed by atoms with Gasteiger partial charge in [-0.1, -0.05) is 35.9 Å². The maximum absolute atomic E-state index is 13.4. The second-order valence-corrected chi connectivity index (χ2v) is 7.81. The van der Waals surface area contributed by atoms with Crippen LogP contribution in [-0.2, 0) is 9.59 Å². The number of rotatable bonds is 5. The van der Waals surface area contributed by atoms with Crippen LogP contribution in [0.2, 0.25) is 5.02 Å². The third kappa shape index (κ3) is 3.41. The summed E-state index contributed by atoms with van der Waals surface area (Å²) in [6.07, 6.45) is 0. The summed E-state index contributed by atoms with van der Waals surface area (Å²) in [4.78, 5) is 28.6. The first kappa shape index (κ1) is 19.2. The Morgan fingerprint density at radius 1 is 1.03 bits per heavy atom. The second kappa shape index (κ2) is 7.73. The third-order valence-corrected chi connectivity index (χ3v) is 5.76. The number of imide groups is 1. The van der Waals surface area contributed by atoms with E-state index in [0.717, 1.165) is 10.5 Å². The van der Waals surface area contributed by atoms with Gasteiger partial charge in [-0.3, -0.25) is 9.59 Å². The summed E-state index contributed by atoms with van der Waals surface area (Å²) < 4.78 is 5.37. The lowest BCUT2D eigenvalue weighted by Crippen LogP contribution is -2.32. The summed E-state index contributed by atoms with van der Waals surface area (Å²) in [7, 11) is 1.51. The first-order valence-electron chi connectivity index (χ1n) is 8.84. The molecule has 7 heteroatoms. The zero-order valence-electron chi connectivity index (χ0n) is 15.7. The monoisotopic (exact) mass is 424 g/mol. The number of halogens is 1. The molecule has 2 aromatic carbocycles. The number of carbonyl (C=O) groups excluding carboxylic acids is 2. The van der Waals surface area contributed by atoms with Gasteiger partial charge in [-0.25, -0.2) is 4.90 Å². The van der Waals surface area contributed by atoms with Gasteiger partial charge in [-0.05, 0) is 48.2 Å². The molecule has 5 nitrogen and oxygen atoms in total. The molecule has 0 saturated carbocycles. The average Bonchev–Trinajstić information content (AvgIpc) is 3.32. The highest BCUT2D eigenvalue weighted by Gasteiger charge is 2.41. The fourth-order valence-corrected chi connectivity index (χ4v) is 4.13. The number of para-hydroxylation sites is 2. The number of hydrogen-bond acceptors (Lipinski definition) is 5. The van der Waals surface area contributed by atoms with E-state index in [0.29, 0.717) is 32.6 Å². The fourth-order valence-electron chi connectivity index (χ4n) is 3.19. The highest BCUT2D eigenvalue weighted by atomic mass is 35.5. The van der Waals surface area contributed by atoms with Gasteiger partial charge in [0.05, 0.1) is 18.4 Å². The molecule has 146 valence electrons. The maximum Gasteiger partial charge on any atom is 0.282 e. The number of nitrogens with zero attached hydrogens (tertiary/aromatic N) is 1. The fraction of sp³-hybridized carbons (Fsp3) is 0.0909. The van der Waals surface area contributed by atoms with E-state index in [4.69, 9.17) is 16.3 Å². The van der Waals surface area contributed by atoms with Crippen molar-refractivity contribution in [1.29, 1.82) is 0 Å². The molecule has 3 aromatic rings. The van der Waals surface area contributed by atoms with Crippen molar-refractivity contribution in [1.82, 2.24) is 0 Å². The molecular formula is C22H17ClN2O3S. The van der Waals surface area contributed by atoms with Crippen molar-refractivity contribution in [3.8, 4) is 5.75 Å². The molecule has 0 aliphatic carbocycles. The minimum absolute atomic E-state index is 0.216. The van der Waals surface area contributed by atoms with E-state index in [-0.39, 0.29) is 5.70 Å². The maximum atomic E-state index is 13.4. The summed E-state index contributed by atoms with van der Waals surface area (Å²) in [5.74, 6) is -0.397. The smallest absolute Gasteiger partial charge is 0.282 e. The predicted molar refractivity (Wildman–Crippen MR) is 117 cm³/mol. The van der Waals surface area contributed by atoms with E-state index in [1.54, 1.807) is 36.4 Å². The van der Waals surface area contributed by atoms with Crippen molar-refractivity contribution >= 4 is 51.7 Å². The van der Waals surface area contributed by atoms with Crippen molar-refractivity contribution in [3.05, 3.63) is 81.1 Å². The molecule has 0 atom stereocenters. The number of anilines is 2. The van der Waals surface area contributed by atoms with E-state index >= 15 is 0 Å². The Bertz CT molecular complexity index is 1140. The molecule has 1 aliphatic rings. The number of carbonyl (C=O) groups is 2. The first-order valence-corrected chi connectivity index (χ1v) is 10.1. The van der Waals surface area contributed by atoms with E-state index < -0.39 is 11.8 Å². The van der Waals surface area contributed by atoms with Crippen LogP contribution >= 0.6 is 22.9 Å². The lowest BCUT2D eigenvalue weighted by Gasteiger charge is -2.18. The highest BCUT2D eigenvalue weighted by molar-refractivity contribution is 7.11. The Labute approximate surface area is 177 Å². The van der Waals surface area contributed by atoms with Crippen LogP contribution in [0.15, 0.2) is 65.7 Å². The van der Waals surface area contributed by atoms with Crippen LogP contribution in [0.25, 0.3) is 5.57 Å². The van der Waals surface area contributed by atoms with Gasteiger partial charge in [0.2, 0.25) is 0 Å². The molecule has 1 N–H and O–H groups in total. The summed E-state index contributed by atoms with van der Waals surface area (Å²) in [6.45, 7) is 1.91. The van der Waals surface area contributed by atoms with Crippen molar-refractivity contribution in [2.45, 2.75) is 6.92 Å². The number of methoxy groups -OCH3 is 1. The summed E-state index contributed by atoms with van der Waals surface area (Å²) in [5, 5.41) is 5.56. The highest BCUT2D eigenvalue weighted by Crippen LogP contribution is 2.39. The molecule has 0 unspecified atom stereocenters. The number of amides is 2. The minimum atomic E-state index is -0.442. The van der Waals surface area contributed by atoms with Crippen molar-refractivity contribution in [2.24, 2.45) is 0 Å². The Morgan fingerprint density at radius 3 is 2.55 bits per heavy atom. The zero-order valence-corrected chi connectivity index (χ0v) is 17.3. The normalized spacial score (nSPS) is 14.0. The molecule has 0 fully saturated rings. The molecule has 0 radical (unpaired) electrons.